The summed E-state index contributed by atoms with van der Waals surface area (Å²) in [5.74, 6) is 1.74. The highest BCUT2D eigenvalue weighted by atomic mass is 15.1. The molecule has 0 amide bonds. The predicted molar refractivity (Wildman–Crippen MR) is 57.9 cm³/mol. The van der Waals surface area contributed by atoms with Crippen molar-refractivity contribution in [3.63, 3.8) is 0 Å². The van der Waals surface area contributed by atoms with Crippen LogP contribution in [0.15, 0.2) is 0 Å². The molecule has 0 aliphatic carbocycles. The largest absolute Gasteiger partial charge is 0.316 e. The quantitative estimate of drug-likeness (QED) is 0.716. The van der Waals surface area contributed by atoms with Gasteiger partial charge in [0.25, 0.3) is 0 Å². The van der Waals surface area contributed by atoms with Crippen LogP contribution in [-0.2, 0) is 0 Å². The molecule has 0 aromatic carbocycles. The molecule has 1 heterocycles. The second-order valence-electron chi connectivity index (χ2n) is 4.76. The molecule has 1 aliphatic rings. The summed E-state index contributed by atoms with van der Waals surface area (Å²) < 4.78 is 0. The van der Waals surface area contributed by atoms with Crippen LogP contribution in [0.1, 0.15) is 27.2 Å². The number of rotatable bonds is 3. The average molecular weight is 184 g/mol. The third kappa shape index (κ3) is 3.28. The summed E-state index contributed by atoms with van der Waals surface area (Å²) in [5, 5.41) is 3.45. The summed E-state index contributed by atoms with van der Waals surface area (Å²) in [5.41, 5.74) is 0. The van der Waals surface area contributed by atoms with Gasteiger partial charge in [0.05, 0.1) is 0 Å². The molecule has 2 atom stereocenters. The van der Waals surface area contributed by atoms with E-state index in [0.29, 0.717) is 6.04 Å². The van der Waals surface area contributed by atoms with Gasteiger partial charge in [-0.3, -0.25) is 0 Å². The molecule has 0 radical (unpaired) electrons. The average Bonchev–Trinajstić information content (AvgIpc) is 2.08. The van der Waals surface area contributed by atoms with Crippen molar-refractivity contribution in [1.82, 2.24) is 10.2 Å². The maximum Gasteiger partial charge on any atom is 0.00356 e. The smallest absolute Gasteiger partial charge is 0.00356 e. The summed E-state index contributed by atoms with van der Waals surface area (Å²) in [6, 6.07) is 0.682. The van der Waals surface area contributed by atoms with E-state index in [9.17, 15) is 0 Å². The first-order valence-corrected chi connectivity index (χ1v) is 5.52. The second-order valence-corrected chi connectivity index (χ2v) is 4.76. The summed E-state index contributed by atoms with van der Waals surface area (Å²) in [7, 11) is 2.24. The minimum absolute atomic E-state index is 0.682. The van der Waals surface area contributed by atoms with Crippen molar-refractivity contribution >= 4 is 0 Å². The zero-order valence-electron chi connectivity index (χ0n) is 9.51. The molecule has 2 heteroatoms. The van der Waals surface area contributed by atoms with Crippen molar-refractivity contribution in [2.45, 2.75) is 33.2 Å². The third-order valence-corrected chi connectivity index (χ3v) is 3.37. The van der Waals surface area contributed by atoms with E-state index in [1.165, 1.54) is 26.1 Å². The van der Waals surface area contributed by atoms with Gasteiger partial charge >= 0.3 is 0 Å². The number of nitrogens with one attached hydrogen (secondary N) is 1. The van der Waals surface area contributed by atoms with Crippen LogP contribution in [0, 0.1) is 11.8 Å². The van der Waals surface area contributed by atoms with Gasteiger partial charge in [-0.1, -0.05) is 6.92 Å². The van der Waals surface area contributed by atoms with Crippen molar-refractivity contribution in [1.29, 1.82) is 0 Å². The van der Waals surface area contributed by atoms with Gasteiger partial charge in [-0.2, -0.15) is 0 Å². The molecule has 1 aliphatic heterocycles. The monoisotopic (exact) mass is 184 g/mol. The molecular weight excluding hydrogens is 160 g/mol. The standard InChI is InChI=1S/C11H24N2/c1-9(2)13(4)8-11-5-6-12-7-10(11)3/h9-12H,5-8H2,1-4H3. The first kappa shape index (κ1) is 11.0. The Labute approximate surface area is 82.7 Å². The number of nitrogens with zero attached hydrogens (tertiary/aromatic N) is 1. The maximum absolute atomic E-state index is 3.45. The second kappa shape index (κ2) is 4.97. The fraction of sp³-hybridized carbons (Fsp3) is 1.00. The van der Waals surface area contributed by atoms with Crippen LogP contribution < -0.4 is 5.32 Å². The van der Waals surface area contributed by atoms with Crippen molar-refractivity contribution in [2.24, 2.45) is 11.8 Å². The van der Waals surface area contributed by atoms with Gasteiger partial charge in [-0.15, -0.1) is 0 Å². The molecule has 2 nitrogen and oxygen atoms in total. The minimum atomic E-state index is 0.682. The lowest BCUT2D eigenvalue weighted by atomic mass is 9.87. The van der Waals surface area contributed by atoms with Crippen molar-refractivity contribution in [2.75, 3.05) is 26.7 Å². The van der Waals surface area contributed by atoms with Crippen LogP contribution in [0.3, 0.4) is 0 Å². The van der Waals surface area contributed by atoms with E-state index in [-0.39, 0.29) is 0 Å². The van der Waals surface area contributed by atoms with Gasteiger partial charge in [-0.05, 0) is 52.2 Å². The first-order valence-electron chi connectivity index (χ1n) is 5.52. The Hall–Kier alpha value is -0.0800. The van der Waals surface area contributed by atoms with Crippen molar-refractivity contribution in [3.8, 4) is 0 Å². The molecular formula is C11H24N2. The van der Waals surface area contributed by atoms with E-state index < -0.39 is 0 Å². The van der Waals surface area contributed by atoms with Crippen LogP contribution in [0.2, 0.25) is 0 Å². The summed E-state index contributed by atoms with van der Waals surface area (Å²) in [6.07, 6.45) is 1.35. The lowest BCUT2D eigenvalue weighted by Crippen LogP contribution is -2.41. The Kier molecular flexibility index (Phi) is 4.20. The van der Waals surface area contributed by atoms with Crippen molar-refractivity contribution in [3.05, 3.63) is 0 Å². The summed E-state index contributed by atoms with van der Waals surface area (Å²) in [6.45, 7) is 10.6. The molecule has 0 aromatic rings. The lowest BCUT2D eigenvalue weighted by Gasteiger charge is -2.34. The predicted octanol–water partition coefficient (Wildman–Crippen LogP) is 1.57. The molecule has 13 heavy (non-hydrogen) atoms. The highest BCUT2D eigenvalue weighted by Gasteiger charge is 2.22. The van der Waals surface area contributed by atoms with E-state index in [4.69, 9.17) is 0 Å². The zero-order chi connectivity index (χ0) is 9.84. The molecule has 0 spiro atoms. The van der Waals surface area contributed by atoms with Gasteiger partial charge < -0.3 is 10.2 Å². The molecule has 0 aromatic heterocycles. The first-order chi connectivity index (χ1) is 6.11. The molecule has 1 N–H and O–H groups in total. The Bertz CT molecular complexity index is 145. The zero-order valence-corrected chi connectivity index (χ0v) is 9.51. The lowest BCUT2D eigenvalue weighted by molar-refractivity contribution is 0.167. The highest BCUT2D eigenvalue weighted by molar-refractivity contribution is 4.77. The third-order valence-electron chi connectivity index (χ3n) is 3.37. The SMILES string of the molecule is CC1CNCCC1CN(C)C(C)C. The fourth-order valence-corrected chi connectivity index (χ4v) is 1.92. The van der Waals surface area contributed by atoms with E-state index in [2.05, 4.69) is 38.0 Å². The maximum atomic E-state index is 3.45. The molecule has 1 saturated heterocycles. The molecule has 2 unspecified atom stereocenters. The van der Waals surface area contributed by atoms with E-state index in [0.717, 1.165) is 11.8 Å². The normalized spacial score (nSPS) is 30.0. The van der Waals surface area contributed by atoms with Gasteiger partial charge in [0.15, 0.2) is 0 Å². The van der Waals surface area contributed by atoms with Crippen LogP contribution in [-0.4, -0.2) is 37.6 Å². The molecule has 1 fully saturated rings. The number of piperidine rings is 1. The Morgan fingerprint density at radius 3 is 2.69 bits per heavy atom. The van der Waals surface area contributed by atoms with Crippen LogP contribution in [0.4, 0.5) is 0 Å². The fourth-order valence-electron chi connectivity index (χ4n) is 1.92. The van der Waals surface area contributed by atoms with Gasteiger partial charge in [-0.25, -0.2) is 0 Å². The van der Waals surface area contributed by atoms with E-state index in [1.807, 2.05) is 0 Å². The van der Waals surface area contributed by atoms with Gasteiger partial charge in [0, 0.05) is 12.6 Å². The Balaban J connectivity index is 2.33. The van der Waals surface area contributed by atoms with E-state index in [1.54, 1.807) is 0 Å². The molecule has 1 rings (SSSR count). The number of hydrogen-bond donors (Lipinski definition) is 1. The number of hydrogen-bond acceptors (Lipinski definition) is 2. The van der Waals surface area contributed by atoms with Gasteiger partial charge in [0.2, 0.25) is 0 Å². The van der Waals surface area contributed by atoms with Crippen LogP contribution in [0.25, 0.3) is 0 Å². The molecule has 78 valence electrons. The van der Waals surface area contributed by atoms with Gasteiger partial charge in [0.1, 0.15) is 0 Å². The summed E-state index contributed by atoms with van der Waals surface area (Å²) in [4.78, 5) is 2.46. The molecule has 0 bridgehead atoms. The van der Waals surface area contributed by atoms with Crippen molar-refractivity contribution < 1.29 is 0 Å². The summed E-state index contributed by atoms with van der Waals surface area (Å²) >= 11 is 0. The highest BCUT2D eigenvalue weighted by Crippen LogP contribution is 2.19. The van der Waals surface area contributed by atoms with E-state index >= 15 is 0 Å². The van der Waals surface area contributed by atoms with Crippen LogP contribution in [0.5, 0.6) is 0 Å². The Morgan fingerprint density at radius 2 is 2.15 bits per heavy atom. The Morgan fingerprint density at radius 1 is 1.46 bits per heavy atom. The molecule has 0 saturated carbocycles. The minimum Gasteiger partial charge on any atom is -0.316 e. The van der Waals surface area contributed by atoms with Crippen LogP contribution >= 0.6 is 0 Å². The topological polar surface area (TPSA) is 15.3 Å².